The fraction of sp³-hybridized carbons (Fsp3) is 0.442. The Labute approximate surface area is 338 Å². The monoisotopic (exact) mass is 791 g/mol. The van der Waals surface area contributed by atoms with E-state index in [9.17, 15) is 34.8 Å². The van der Waals surface area contributed by atoms with E-state index in [0.29, 0.717) is 0 Å². The number of fused-ring (bicyclic) bond motifs is 14. The molecule has 57 heavy (non-hydrogen) atoms. The summed E-state index contributed by atoms with van der Waals surface area (Å²) >= 11 is 0. The minimum atomic E-state index is -3.03. The van der Waals surface area contributed by atoms with Crippen LogP contribution in [0.5, 0.6) is 17.2 Å². The van der Waals surface area contributed by atoms with Crippen LogP contribution >= 0.6 is 0 Å². The Bertz CT molecular complexity index is 2660. The van der Waals surface area contributed by atoms with Crippen molar-refractivity contribution in [2.75, 3.05) is 12.4 Å². The minimum absolute atomic E-state index is 0.0317. The van der Waals surface area contributed by atoms with Gasteiger partial charge in [0.05, 0.1) is 39.6 Å². The molecule has 5 N–H and O–H groups in total. The number of carbonyl (C=O) groups excluding carboxylic acids is 3. The lowest BCUT2D eigenvalue weighted by molar-refractivity contribution is -0.160. The molecule has 9 atom stereocenters. The van der Waals surface area contributed by atoms with Gasteiger partial charge in [-0.25, -0.2) is 4.98 Å². The SMILES string of the molecule is [2H]c1c(C([2H])([2H])[2H])c([2H])c2nc3c4c5c6c(C)c(O)c4c(O)c(c3n2c1[2H])NC(=O)/C(C)=C\C=C\[C@H](C)[C@H](O)[C@@H](C)[C@@H](O)[C@@H](C)[C@H](OC(C)=O)[C@H](C)[C@@H](OC)/C=C/O[C@@](C)(O6)C5=O. The number of hydrogen-bond acceptors (Lipinski definition) is 12. The molecule has 0 radical (unpaired) electrons. The number of aliphatic hydroxyl groups is 2. The van der Waals surface area contributed by atoms with Gasteiger partial charge in [-0.2, -0.15) is 0 Å². The molecule has 0 fully saturated rings. The molecule has 1 amide bonds. The molecule has 2 aromatic carbocycles. The molecule has 7 rings (SSSR count). The number of aliphatic hydroxyl groups excluding tert-OH is 2. The van der Waals surface area contributed by atoms with Gasteiger partial charge in [0.1, 0.15) is 40.0 Å². The number of amides is 1. The zero-order chi connectivity index (χ0) is 46.9. The van der Waals surface area contributed by atoms with E-state index >= 15 is 0 Å². The van der Waals surface area contributed by atoms with Gasteiger partial charge in [-0.1, -0.05) is 45.9 Å². The van der Waals surface area contributed by atoms with Crippen LogP contribution in [-0.4, -0.2) is 84.8 Å². The number of phenolic OH excluding ortho intramolecular Hbond substituents is 2. The van der Waals surface area contributed by atoms with Gasteiger partial charge in [0.2, 0.25) is 0 Å². The first-order chi connectivity index (χ1) is 29.3. The predicted molar refractivity (Wildman–Crippen MR) is 213 cm³/mol. The Morgan fingerprint density at radius 3 is 2.44 bits per heavy atom. The maximum Gasteiger partial charge on any atom is 0.312 e. The van der Waals surface area contributed by atoms with E-state index in [4.69, 9.17) is 27.2 Å². The number of benzene rings is 2. The third kappa shape index (κ3) is 7.10. The lowest BCUT2D eigenvalue weighted by Crippen LogP contribution is -2.46. The molecule has 4 aromatic rings. The molecule has 0 aliphatic carbocycles. The van der Waals surface area contributed by atoms with Crippen LogP contribution in [0.1, 0.15) is 78.2 Å². The summed E-state index contributed by atoms with van der Waals surface area (Å²) in [6.45, 7) is 9.09. The molecule has 0 saturated carbocycles. The smallest absolute Gasteiger partial charge is 0.312 e. The van der Waals surface area contributed by atoms with E-state index in [1.54, 1.807) is 33.8 Å². The second-order valence-corrected chi connectivity index (χ2v) is 15.1. The highest BCUT2D eigenvalue weighted by Gasteiger charge is 2.50. The number of ketones is 1. The van der Waals surface area contributed by atoms with E-state index < -0.39 is 125 Å². The molecule has 0 unspecified atom stereocenters. The molecule has 14 heteroatoms. The van der Waals surface area contributed by atoms with Gasteiger partial charge in [0.15, 0.2) is 5.75 Å². The summed E-state index contributed by atoms with van der Waals surface area (Å²) in [6.07, 6.45) is 2.21. The quantitative estimate of drug-likeness (QED) is 0.115. The second kappa shape index (κ2) is 15.5. The summed E-state index contributed by atoms with van der Waals surface area (Å²) in [5.74, 6) is -8.76. The Morgan fingerprint density at radius 1 is 1.05 bits per heavy atom. The summed E-state index contributed by atoms with van der Waals surface area (Å²) in [5.41, 5.74) is -2.53. The van der Waals surface area contributed by atoms with Crippen molar-refractivity contribution in [3.05, 3.63) is 71.1 Å². The average Bonchev–Trinajstić information content (AvgIpc) is 3.74. The van der Waals surface area contributed by atoms with Gasteiger partial charge in [-0.05, 0) is 44.4 Å². The zero-order valence-corrected chi connectivity index (χ0v) is 33.0. The Morgan fingerprint density at radius 2 is 1.77 bits per heavy atom. The lowest BCUT2D eigenvalue weighted by Gasteiger charge is -2.38. The van der Waals surface area contributed by atoms with Crippen LogP contribution in [0.15, 0.2) is 54.4 Å². The van der Waals surface area contributed by atoms with Crippen LogP contribution in [-0.2, 0) is 23.8 Å². The van der Waals surface area contributed by atoms with Crippen molar-refractivity contribution in [2.45, 2.75) is 92.4 Å². The number of nitrogens with one attached hydrogen (secondary N) is 1. The fourth-order valence-corrected chi connectivity index (χ4v) is 7.74. The number of nitrogens with zero attached hydrogens (tertiary/aromatic N) is 2. The number of methoxy groups -OCH3 is 1. The van der Waals surface area contributed by atoms with E-state index in [1.807, 2.05) is 0 Å². The van der Waals surface area contributed by atoms with Crippen molar-refractivity contribution in [1.82, 2.24) is 9.38 Å². The molecule has 0 spiro atoms. The van der Waals surface area contributed by atoms with Crippen molar-refractivity contribution < 1.29 is 62.0 Å². The van der Waals surface area contributed by atoms with Crippen molar-refractivity contribution in [3.63, 3.8) is 0 Å². The van der Waals surface area contributed by atoms with E-state index in [-0.39, 0.29) is 44.3 Å². The van der Waals surface area contributed by atoms with Gasteiger partial charge in [-0.15, -0.1) is 0 Å². The number of esters is 1. The van der Waals surface area contributed by atoms with Gasteiger partial charge in [0, 0.05) is 71.4 Å². The molecular weight excluding hydrogens is 734 g/mol. The Kier molecular flexibility index (Phi) is 9.15. The molecular formula is C43H51N3O11. The van der Waals surface area contributed by atoms with Gasteiger partial charge >= 0.3 is 11.8 Å². The number of rotatable bonds is 2. The topological polar surface area (TPSA) is 198 Å². The van der Waals surface area contributed by atoms with Crippen molar-refractivity contribution in [1.29, 1.82) is 0 Å². The average molecular weight is 792 g/mol. The molecule has 3 aliphatic rings. The number of pyridine rings is 1. The summed E-state index contributed by atoms with van der Waals surface area (Å²) in [5, 5.41) is 48.8. The number of aromatic nitrogens is 2. The lowest BCUT2D eigenvalue weighted by atomic mass is 9.78. The van der Waals surface area contributed by atoms with E-state index in [0.717, 1.165) is 10.7 Å². The molecule has 0 saturated heterocycles. The van der Waals surface area contributed by atoms with Crippen LogP contribution < -0.4 is 10.1 Å². The summed E-state index contributed by atoms with van der Waals surface area (Å²) in [4.78, 5) is 45.6. The number of allylic oxidation sites excluding steroid dienone is 2. The highest BCUT2D eigenvalue weighted by Crippen LogP contribution is 2.54. The fourth-order valence-electron chi connectivity index (χ4n) is 7.74. The van der Waals surface area contributed by atoms with Crippen LogP contribution in [0.4, 0.5) is 5.69 Å². The molecule has 5 bridgehead atoms. The molecule has 2 aromatic heterocycles. The van der Waals surface area contributed by atoms with E-state index in [1.165, 1.54) is 53.0 Å². The number of aromatic hydroxyl groups is 2. The number of Topliss-reactive ketones (excluding diaryl/α,β-unsaturated/α-hetero) is 1. The number of anilines is 1. The standard InChI is InChI=1S/C43H51N3O11/c1-19-14-16-46-28(18-19)44-32-29-30-37(50)25(7)40-31(29)41(52)43(9,57-40)55-17-15-27(54-10)22(4)39(56-26(8)47)24(6)36(49)23(5)35(48)20(2)12-11-13-21(3)42(53)45-33(34(32)46)38(30)51/h11-18,20,22-24,27,35-36,39,48-51H,1-10H3,(H,45,53)/b12-11+,17-15+,21-13-/t20-,22+,23+,24+,27-,35-,36+,39+,43-/m0/s1/i1D3,14D,16D,18D. The highest BCUT2D eigenvalue weighted by molar-refractivity contribution is 6.28. The van der Waals surface area contributed by atoms with Crippen LogP contribution in [0, 0.1) is 37.4 Å². The summed E-state index contributed by atoms with van der Waals surface area (Å²) < 4.78 is 75.2. The molecule has 5 heterocycles. The van der Waals surface area contributed by atoms with Crippen LogP contribution in [0.25, 0.3) is 27.5 Å². The maximum absolute atomic E-state index is 14.7. The molecule has 3 aliphatic heterocycles. The zero-order valence-electron chi connectivity index (χ0n) is 39.0. The third-order valence-electron chi connectivity index (χ3n) is 11.2. The number of carbonyl (C=O) groups is 3. The normalized spacial score (nSPS) is 32.6. The molecule has 304 valence electrons. The third-order valence-corrected chi connectivity index (χ3v) is 11.2. The first-order valence-electron chi connectivity index (χ1n) is 21.5. The van der Waals surface area contributed by atoms with Crippen LogP contribution in [0.2, 0.25) is 0 Å². The van der Waals surface area contributed by atoms with E-state index in [2.05, 4.69) is 10.3 Å². The predicted octanol–water partition coefficient (Wildman–Crippen LogP) is 6.16. The van der Waals surface area contributed by atoms with Gasteiger partial charge in [0.25, 0.3) is 11.7 Å². The number of ether oxygens (including phenoxy) is 4. The number of phenols is 2. The first kappa shape index (κ1) is 33.7. The largest absolute Gasteiger partial charge is 0.507 e. The summed E-state index contributed by atoms with van der Waals surface area (Å²) in [6, 6.07) is -1.62. The summed E-state index contributed by atoms with van der Waals surface area (Å²) in [7, 11) is 1.40. The first-order valence-corrected chi connectivity index (χ1v) is 18.5. The maximum atomic E-state index is 14.7. The minimum Gasteiger partial charge on any atom is -0.507 e. The van der Waals surface area contributed by atoms with Gasteiger partial charge < -0.3 is 44.7 Å². The Balaban J connectivity index is 1.66. The number of hydrogen-bond donors (Lipinski definition) is 5. The van der Waals surface area contributed by atoms with Gasteiger partial charge in [-0.3, -0.25) is 18.8 Å². The van der Waals surface area contributed by atoms with Crippen LogP contribution in [0.3, 0.4) is 0 Å². The second-order valence-electron chi connectivity index (χ2n) is 15.1. The Hall–Kier alpha value is -5.44. The van der Waals surface area contributed by atoms with Crippen molar-refractivity contribution >= 4 is 50.8 Å². The van der Waals surface area contributed by atoms with Crippen molar-refractivity contribution in [3.8, 4) is 17.2 Å². The molecule has 14 nitrogen and oxygen atoms in total. The van der Waals surface area contributed by atoms with Crippen molar-refractivity contribution in [2.24, 2.45) is 23.7 Å². The highest BCUT2D eigenvalue weighted by atomic mass is 16.7. The number of imidazole rings is 1.